The molecule has 2 N–H and O–H groups in total. The van der Waals surface area contributed by atoms with Crippen molar-refractivity contribution in [3.8, 4) is 6.07 Å². The van der Waals surface area contributed by atoms with Crippen LogP contribution in [0.2, 0.25) is 5.02 Å². The van der Waals surface area contributed by atoms with Gasteiger partial charge in [-0.25, -0.2) is 4.79 Å². The fourth-order valence-corrected chi connectivity index (χ4v) is 1.22. The van der Waals surface area contributed by atoms with Gasteiger partial charge >= 0.3 is 5.97 Å². The number of hydrogen-bond donors (Lipinski definition) is 1. The standard InChI is InChI=1S/C9H7ClN2O2/c1-14-9(13)7-3-6(12)2-5(4-11)8(7)10/h2-3H,12H2,1H3. The lowest BCUT2D eigenvalue weighted by molar-refractivity contribution is 0.0601. The van der Waals surface area contributed by atoms with E-state index in [9.17, 15) is 4.79 Å². The summed E-state index contributed by atoms with van der Waals surface area (Å²) in [5.41, 5.74) is 6.04. The number of nitriles is 1. The maximum absolute atomic E-state index is 11.2. The molecule has 0 aromatic heterocycles. The predicted octanol–water partition coefficient (Wildman–Crippen LogP) is 1.58. The second-order valence-electron chi connectivity index (χ2n) is 2.53. The molecule has 0 aliphatic carbocycles. The maximum Gasteiger partial charge on any atom is 0.339 e. The third-order valence-corrected chi connectivity index (χ3v) is 2.03. The summed E-state index contributed by atoms with van der Waals surface area (Å²) in [6, 6.07) is 4.60. The van der Waals surface area contributed by atoms with Gasteiger partial charge in [0.05, 0.1) is 23.3 Å². The Balaban J connectivity index is 3.38. The summed E-state index contributed by atoms with van der Waals surface area (Å²) >= 11 is 5.78. The molecule has 0 aliphatic heterocycles. The third-order valence-electron chi connectivity index (χ3n) is 1.62. The first-order chi connectivity index (χ1) is 6.60. The van der Waals surface area contributed by atoms with Crippen molar-refractivity contribution in [2.24, 2.45) is 0 Å². The zero-order chi connectivity index (χ0) is 10.7. The van der Waals surface area contributed by atoms with Crippen LogP contribution < -0.4 is 5.73 Å². The lowest BCUT2D eigenvalue weighted by Crippen LogP contribution is -2.04. The molecule has 0 fully saturated rings. The Morgan fingerprint density at radius 2 is 2.29 bits per heavy atom. The van der Waals surface area contributed by atoms with E-state index in [-0.39, 0.29) is 16.1 Å². The molecule has 5 heteroatoms. The Morgan fingerprint density at radius 1 is 1.64 bits per heavy atom. The summed E-state index contributed by atoms with van der Waals surface area (Å²) in [6.45, 7) is 0. The molecule has 0 spiro atoms. The molecule has 0 amide bonds. The average molecular weight is 211 g/mol. The molecule has 72 valence electrons. The van der Waals surface area contributed by atoms with Crippen LogP contribution in [0.25, 0.3) is 0 Å². The topological polar surface area (TPSA) is 76.1 Å². The maximum atomic E-state index is 11.2. The monoisotopic (exact) mass is 210 g/mol. The van der Waals surface area contributed by atoms with Crippen LogP contribution in [0.15, 0.2) is 12.1 Å². The Labute approximate surface area is 85.8 Å². The minimum atomic E-state index is -0.612. The van der Waals surface area contributed by atoms with Gasteiger partial charge in [-0.15, -0.1) is 0 Å². The van der Waals surface area contributed by atoms with E-state index in [1.54, 1.807) is 0 Å². The van der Waals surface area contributed by atoms with Gasteiger partial charge in [-0.2, -0.15) is 5.26 Å². The van der Waals surface area contributed by atoms with Crippen LogP contribution in [0.3, 0.4) is 0 Å². The summed E-state index contributed by atoms with van der Waals surface area (Å²) in [6.07, 6.45) is 0. The number of esters is 1. The van der Waals surface area contributed by atoms with Crippen LogP contribution >= 0.6 is 11.6 Å². The number of hydrogen-bond acceptors (Lipinski definition) is 4. The fourth-order valence-electron chi connectivity index (χ4n) is 0.987. The van der Waals surface area contributed by atoms with Crippen molar-refractivity contribution in [2.75, 3.05) is 12.8 Å². The molecule has 0 bridgehead atoms. The van der Waals surface area contributed by atoms with Crippen molar-refractivity contribution in [1.29, 1.82) is 5.26 Å². The van der Waals surface area contributed by atoms with Gasteiger partial charge in [0.2, 0.25) is 0 Å². The Hall–Kier alpha value is -1.73. The summed E-state index contributed by atoms with van der Waals surface area (Å²) in [4.78, 5) is 11.2. The highest BCUT2D eigenvalue weighted by atomic mass is 35.5. The molecule has 0 saturated heterocycles. The SMILES string of the molecule is COC(=O)c1cc(N)cc(C#N)c1Cl. The summed E-state index contributed by atoms with van der Waals surface area (Å²) in [5.74, 6) is -0.612. The summed E-state index contributed by atoms with van der Waals surface area (Å²) < 4.78 is 4.48. The van der Waals surface area contributed by atoms with Crippen molar-refractivity contribution in [3.05, 3.63) is 28.3 Å². The number of rotatable bonds is 1. The number of nitrogen functional groups attached to an aromatic ring is 1. The second-order valence-corrected chi connectivity index (χ2v) is 2.91. The first kappa shape index (κ1) is 10.4. The van der Waals surface area contributed by atoms with Gasteiger partial charge < -0.3 is 10.5 Å². The smallest absolute Gasteiger partial charge is 0.339 e. The van der Waals surface area contributed by atoms with E-state index in [1.165, 1.54) is 19.2 Å². The summed E-state index contributed by atoms with van der Waals surface area (Å²) in [5, 5.41) is 8.74. The average Bonchev–Trinajstić information content (AvgIpc) is 2.19. The first-order valence-corrected chi connectivity index (χ1v) is 4.05. The fraction of sp³-hybridized carbons (Fsp3) is 0.111. The number of halogens is 1. The third kappa shape index (κ3) is 1.78. The molecule has 1 aromatic carbocycles. The normalized spacial score (nSPS) is 9.21. The first-order valence-electron chi connectivity index (χ1n) is 3.67. The molecule has 0 saturated carbocycles. The zero-order valence-corrected chi connectivity index (χ0v) is 8.13. The van der Waals surface area contributed by atoms with Gasteiger partial charge in [0.25, 0.3) is 0 Å². The van der Waals surface area contributed by atoms with E-state index in [1.807, 2.05) is 6.07 Å². The molecular formula is C9H7ClN2O2. The van der Waals surface area contributed by atoms with Crippen LogP contribution in [0, 0.1) is 11.3 Å². The number of carbonyl (C=O) groups is 1. The minimum Gasteiger partial charge on any atom is -0.465 e. The number of ether oxygens (including phenoxy) is 1. The van der Waals surface area contributed by atoms with Crippen molar-refractivity contribution in [1.82, 2.24) is 0 Å². The highest BCUT2D eigenvalue weighted by Gasteiger charge is 2.14. The zero-order valence-electron chi connectivity index (χ0n) is 7.37. The van der Waals surface area contributed by atoms with Gasteiger partial charge in [0.15, 0.2) is 0 Å². The number of nitrogens with two attached hydrogens (primary N) is 1. The number of methoxy groups -OCH3 is 1. The van der Waals surface area contributed by atoms with E-state index in [0.717, 1.165) is 0 Å². The number of benzene rings is 1. The van der Waals surface area contributed by atoms with Crippen LogP contribution in [0.4, 0.5) is 5.69 Å². The van der Waals surface area contributed by atoms with Gasteiger partial charge in [-0.05, 0) is 12.1 Å². The quantitative estimate of drug-likeness (QED) is 0.564. The van der Waals surface area contributed by atoms with Gasteiger partial charge in [-0.3, -0.25) is 0 Å². The highest BCUT2D eigenvalue weighted by Crippen LogP contribution is 2.24. The molecule has 0 radical (unpaired) electrons. The molecule has 1 aromatic rings. The van der Waals surface area contributed by atoms with Crippen molar-refractivity contribution in [3.63, 3.8) is 0 Å². The molecular weight excluding hydrogens is 204 g/mol. The minimum absolute atomic E-state index is 0.0635. The number of carbonyl (C=O) groups excluding carboxylic acids is 1. The van der Waals surface area contributed by atoms with Crippen molar-refractivity contribution < 1.29 is 9.53 Å². The Kier molecular flexibility index (Phi) is 2.95. The predicted molar refractivity (Wildman–Crippen MR) is 51.9 cm³/mol. The molecule has 0 heterocycles. The van der Waals surface area contributed by atoms with Crippen LogP contribution in [0.1, 0.15) is 15.9 Å². The second kappa shape index (κ2) is 3.99. The largest absolute Gasteiger partial charge is 0.465 e. The molecule has 0 aliphatic rings. The van der Waals surface area contributed by atoms with E-state index in [4.69, 9.17) is 22.6 Å². The van der Waals surface area contributed by atoms with Crippen molar-refractivity contribution >= 4 is 23.3 Å². The Morgan fingerprint density at radius 3 is 2.79 bits per heavy atom. The number of anilines is 1. The Bertz CT molecular complexity index is 424. The van der Waals surface area contributed by atoms with Gasteiger partial charge in [0.1, 0.15) is 6.07 Å². The van der Waals surface area contributed by atoms with E-state index >= 15 is 0 Å². The van der Waals surface area contributed by atoms with Crippen LogP contribution in [-0.4, -0.2) is 13.1 Å². The number of nitrogens with zero attached hydrogens (tertiary/aromatic N) is 1. The van der Waals surface area contributed by atoms with Crippen LogP contribution in [-0.2, 0) is 4.74 Å². The highest BCUT2D eigenvalue weighted by molar-refractivity contribution is 6.34. The van der Waals surface area contributed by atoms with Crippen molar-refractivity contribution in [2.45, 2.75) is 0 Å². The molecule has 1 rings (SSSR count). The van der Waals surface area contributed by atoms with E-state index in [0.29, 0.717) is 5.69 Å². The lowest BCUT2D eigenvalue weighted by atomic mass is 10.1. The van der Waals surface area contributed by atoms with Crippen LogP contribution in [0.5, 0.6) is 0 Å². The molecule has 0 unspecified atom stereocenters. The van der Waals surface area contributed by atoms with E-state index in [2.05, 4.69) is 4.74 Å². The van der Waals surface area contributed by atoms with Gasteiger partial charge in [0, 0.05) is 5.69 Å². The lowest BCUT2D eigenvalue weighted by Gasteiger charge is -2.04. The van der Waals surface area contributed by atoms with E-state index < -0.39 is 5.97 Å². The van der Waals surface area contributed by atoms with Gasteiger partial charge in [-0.1, -0.05) is 11.6 Å². The summed E-state index contributed by atoms with van der Waals surface area (Å²) in [7, 11) is 1.23. The molecule has 4 nitrogen and oxygen atoms in total. The molecule has 14 heavy (non-hydrogen) atoms. The molecule has 0 atom stereocenters.